The molecule has 0 saturated carbocycles. The van der Waals surface area contributed by atoms with E-state index >= 15 is 0 Å². The molecule has 0 radical (unpaired) electrons. The van der Waals surface area contributed by atoms with Gasteiger partial charge in [-0.25, -0.2) is 9.18 Å². The standard InChI is InChI=1S/C30H31FN4O2/c1-21-12-14-25(15-13-21)33-30(37)32-18-22-7-6-16-34(19-22)29(36)28-17-23-8-3-5-11-27(23)35(28)20-24-9-2-4-10-26(24)31/h2-5,8-15,17,22H,6-7,16,18-20H2,1H3,(H2,32,33,37). The number of rotatable bonds is 6. The fourth-order valence-electron chi connectivity index (χ4n) is 4.98. The second kappa shape index (κ2) is 10.9. The van der Waals surface area contributed by atoms with Crippen molar-refractivity contribution < 1.29 is 14.0 Å². The number of piperidine rings is 1. The number of nitrogens with zero attached hydrogens (tertiary/aromatic N) is 2. The number of fused-ring (bicyclic) bond motifs is 1. The van der Waals surface area contributed by atoms with E-state index in [0.717, 1.165) is 35.0 Å². The lowest BCUT2D eigenvalue weighted by Gasteiger charge is -2.33. The fraction of sp³-hybridized carbons (Fsp3) is 0.267. The second-order valence-corrected chi connectivity index (χ2v) is 9.73. The van der Waals surface area contributed by atoms with E-state index < -0.39 is 0 Å². The molecule has 1 aliphatic heterocycles. The topological polar surface area (TPSA) is 66.4 Å². The van der Waals surface area contributed by atoms with Gasteiger partial charge < -0.3 is 20.1 Å². The van der Waals surface area contributed by atoms with Crippen LogP contribution in [-0.4, -0.2) is 41.0 Å². The molecule has 0 aliphatic carbocycles. The highest BCUT2D eigenvalue weighted by Crippen LogP contribution is 2.25. The van der Waals surface area contributed by atoms with E-state index in [2.05, 4.69) is 10.6 Å². The van der Waals surface area contributed by atoms with Crippen LogP contribution in [0.5, 0.6) is 0 Å². The maximum absolute atomic E-state index is 14.5. The van der Waals surface area contributed by atoms with Crippen LogP contribution in [-0.2, 0) is 6.54 Å². The van der Waals surface area contributed by atoms with Crippen LogP contribution in [0.3, 0.4) is 0 Å². The third-order valence-corrected chi connectivity index (χ3v) is 6.98. The fourth-order valence-corrected chi connectivity index (χ4v) is 4.98. The summed E-state index contributed by atoms with van der Waals surface area (Å²) in [4.78, 5) is 28.0. The molecular weight excluding hydrogens is 467 g/mol. The molecule has 1 aliphatic rings. The molecule has 1 unspecified atom stereocenters. The minimum absolute atomic E-state index is 0.0682. The first-order valence-corrected chi connectivity index (χ1v) is 12.7. The summed E-state index contributed by atoms with van der Waals surface area (Å²) in [7, 11) is 0. The van der Waals surface area contributed by atoms with Crippen molar-refractivity contribution in [3.05, 3.63) is 102 Å². The van der Waals surface area contributed by atoms with Gasteiger partial charge >= 0.3 is 6.03 Å². The number of nitrogens with one attached hydrogen (secondary N) is 2. The van der Waals surface area contributed by atoms with Crippen LogP contribution in [0.2, 0.25) is 0 Å². The van der Waals surface area contributed by atoms with Crippen LogP contribution < -0.4 is 10.6 Å². The monoisotopic (exact) mass is 498 g/mol. The summed E-state index contributed by atoms with van der Waals surface area (Å²) in [5.41, 5.74) is 3.86. The number of halogens is 1. The molecule has 5 rings (SSSR count). The van der Waals surface area contributed by atoms with Crippen molar-refractivity contribution in [1.82, 2.24) is 14.8 Å². The molecule has 4 aromatic rings. The molecule has 7 heteroatoms. The van der Waals surface area contributed by atoms with E-state index in [4.69, 9.17) is 0 Å². The van der Waals surface area contributed by atoms with E-state index in [1.54, 1.807) is 12.1 Å². The lowest BCUT2D eigenvalue weighted by molar-refractivity contribution is 0.0665. The quantitative estimate of drug-likeness (QED) is 0.352. The van der Waals surface area contributed by atoms with E-state index in [0.29, 0.717) is 30.9 Å². The Morgan fingerprint density at radius 2 is 1.76 bits per heavy atom. The number of hydrogen-bond acceptors (Lipinski definition) is 2. The van der Waals surface area contributed by atoms with Crippen LogP contribution >= 0.6 is 0 Å². The van der Waals surface area contributed by atoms with Crippen molar-refractivity contribution in [2.45, 2.75) is 26.3 Å². The maximum Gasteiger partial charge on any atom is 0.319 e. The number of likely N-dealkylation sites (tertiary alicyclic amines) is 1. The first kappa shape index (κ1) is 24.6. The smallest absolute Gasteiger partial charge is 0.319 e. The van der Waals surface area contributed by atoms with Crippen LogP contribution in [0.4, 0.5) is 14.9 Å². The molecule has 0 bridgehead atoms. The molecule has 1 fully saturated rings. The predicted octanol–water partition coefficient (Wildman–Crippen LogP) is 5.81. The van der Waals surface area contributed by atoms with Gasteiger partial charge in [-0.15, -0.1) is 0 Å². The normalized spacial score (nSPS) is 15.5. The van der Waals surface area contributed by atoms with Crippen LogP contribution in [0.15, 0.2) is 78.9 Å². The van der Waals surface area contributed by atoms with Gasteiger partial charge in [-0.1, -0.05) is 54.1 Å². The molecule has 190 valence electrons. The average Bonchev–Trinajstić information content (AvgIpc) is 3.28. The highest BCUT2D eigenvalue weighted by atomic mass is 19.1. The number of carbonyl (C=O) groups is 2. The molecule has 2 N–H and O–H groups in total. The summed E-state index contributed by atoms with van der Waals surface area (Å²) < 4.78 is 16.4. The molecule has 6 nitrogen and oxygen atoms in total. The summed E-state index contributed by atoms with van der Waals surface area (Å²) in [6.45, 7) is 3.98. The Hall–Kier alpha value is -4.13. The zero-order chi connectivity index (χ0) is 25.8. The van der Waals surface area contributed by atoms with E-state index in [1.807, 2.05) is 77.1 Å². The lowest BCUT2D eigenvalue weighted by atomic mass is 9.97. The predicted molar refractivity (Wildman–Crippen MR) is 144 cm³/mol. The molecule has 3 amide bonds. The summed E-state index contributed by atoms with van der Waals surface area (Å²) in [6.07, 6.45) is 1.80. The number of amides is 3. The minimum atomic E-state index is -0.285. The van der Waals surface area contributed by atoms with Crippen molar-refractivity contribution in [3.63, 3.8) is 0 Å². The highest BCUT2D eigenvalue weighted by molar-refractivity contribution is 5.99. The molecular formula is C30H31FN4O2. The van der Waals surface area contributed by atoms with Gasteiger partial charge in [0, 0.05) is 41.8 Å². The minimum Gasteiger partial charge on any atom is -0.338 e. The Morgan fingerprint density at radius 3 is 2.57 bits per heavy atom. The summed E-state index contributed by atoms with van der Waals surface area (Å²) in [5.74, 6) is -0.195. The number of urea groups is 1. The zero-order valence-electron chi connectivity index (χ0n) is 20.9. The number of para-hydroxylation sites is 1. The number of aryl methyl sites for hydroxylation is 1. The SMILES string of the molecule is Cc1ccc(NC(=O)NCC2CCCN(C(=O)c3cc4ccccc4n3Cc3ccccc3F)C2)cc1. The maximum atomic E-state index is 14.5. The third-order valence-electron chi connectivity index (χ3n) is 6.98. The number of carbonyl (C=O) groups excluding carboxylic acids is 2. The molecule has 2 heterocycles. The van der Waals surface area contributed by atoms with E-state index in [9.17, 15) is 14.0 Å². The van der Waals surface area contributed by atoms with Gasteiger partial charge in [-0.05, 0) is 56.0 Å². The first-order valence-electron chi connectivity index (χ1n) is 12.7. The van der Waals surface area contributed by atoms with Crippen LogP contribution in [0.25, 0.3) is 10.9 Å². The van der Waals surface area contributed by atoms with Gasteiger partial charge in [0.2, 0.25) is 0 Å². The molecule has 37 heavy (non-hydrogen) atoms. The zero-order valence-corrected chi connectivity index (χ0v) is 20.9. The number of benzene rings is 3. The van der Waals surface area contributed by atoms with E-state index in [-0.39, 0.29) is 30.2 Å². The number of aromatic nitrogens is 1. The third kappa shape index (κ3) is 5.66. The summed E-state index contributed by atoms with van der Waals surface area (Å²) in [5, 5.41) is 6.75. The second-order valence-electron chi connectivity index (χ2n) is 9.73. The number of anilines is 1. The summed E-state index contributed by atoms with van der Waals surface area (Å²) in [6, 6.07) is 23.8. The lowest BCUT2D eigenvalue weighted by Crippen LogP contribution is -2.44. The van der Waals surface area contributed by atoms with E-state index in [1.165, 1.54) is 6.07 Å². The Balaban J connectivity index is 1.28. The van der Waals surface area contributed by atoms with Crippen molar-refractivity contribution in [2.75, 3.05) is 25.0 Å². The van der Waals surface area contributed by atoms with Gasteiger partial charge in [0.05, 0.1) is 6.54 Å². The Morgan fingerprint density at radius 1 is 1.00 bits per heavy atom. The Labute approximate surface area is 216 Å². The van der Waals surface area contributed by atoms with Crippen molar-refractivity contribution in [3.8, 4) is 0 Å². The Kier molecular flexibility index (Phi) is 7.21. The number of hydrogen-bond donors (Lipinski definition) is 2. The van der Waals surface area contributed by atoms with Gasteiger partial charge in [0.25, 0.3) is 5.91 Å². The van der Waals surface area contributed by atoms with Crippen molar-refractivity contribution in [1.29, 1.82) is 0 Å². The molecule has 3 aromatic carbocycles. The van der Waals surface area contributed by atoms with Crippen molar-refractivity contribution >= 4 is 28.5 Å². The van der Waals surface area contributed by atoms with Gasteiger partial charge in [-0.3, -0.25) is 4.79 Å². The largest absolute Gasteiger partial charge is 0.338 e. The molecule has 1 atom stereocenters. The molecule has 0 spiro atoms. The Bertz CT molecular complexity index is 1410. The van der Waals surface area contributed by atoms with Crippen molar-refractivity contribution in [2.24, 2.45) is 5.92 Å². The van der Waals surface area contributed by atoms with Crippen LogP contribution in [0.1, 0.15) is 34.5 Å². The first-order chi connectivity index (χ1) is 18.0. The average molecular weight is 499 g/mol. The van der Waals surface area contributed by atoms with Gasteiger partial charge in [-0.2, -0.15) is 0 Å². The van der Waals surface area contributed by atoms with Gasteiger partial charge in [0.1, 0.15) is 11.5 Å². The molecule has 1 aromatic heterocycles. The van der Waals surface area contributed by atoms with Crippen LogP contribution in [0, 0.1) is 18.7 Å². The summed E-state index contributed by atoms with van der Waals surface area (Å²) >= 11 is 0. The van der Waals surface area contributed by atoms with Gasteiger partial charge in [0.15, 0.2) is 0 Å². The highest BCUT2D eigenvalue weighted by Gasteiger charge is 2.27. The molecule has 1 saturated heterocycles.